The summed E-state index contributed by atoms with van der Waals surface area (Å²) in [5, 5.41) is 17.9. The molecular weight excluding hydrogens is 274 g/mol. The largest absolute Gasteiger partial charge is 0.481 e. The molecule has 3 rings (SSSR count). The molecule has 104 valence electrons. The Hall–Kier alpha value is -1.82. The minimum atomic E-state index is -0.848. The molecule has 1 aromatic carbocycles. The molecule has 1 aromatic heterocycles. The van der Waals surface area contributed by atoms with Gasteiger partial charge in [-0.1, -0.05) is 36.9 Å². The van der Waals surface area contributed by atoms with Gasteiger partial charge in [-0.05, 0) is 24.5 Å². The van der Waals surface area contributed by atoms with E-state index in [1.165, 1.54) is 11.8 Å². The second kappa shape index (κ2) is 5.28. The van der Waals surface area contributed by atoms with Gasteiger partial charge in [0.05, 0.1) is 5.75 Å². The van der Waals surface area contributed by atoms with Crippen molar-refractivity contribution in [3.05, 3.63) is 36.2 Å². The van der Waals surface area contributed by atoms with Gasteiger partial charge in [0.1, 0.15) is 5.82 Å². The molecule has 5 nitrogen and oxygen atoms in total. The molecule has 1 saturated carbocycles. The van der Waals surface area contributed by atoms with Crippen LogP contribution in [-0.4, -0.2) is 31.6 Å². The Labute approximate surface area is 121 Å². The second-order valence-corrected chi connectivity index (χ2v) is 5.96. The minimum Gasteiger partial charge on any atom is -0.481 e. The Morgan fingerprint density at radius 1 is 1.40 bits per heavy atom. The summed E-state index contributed by atoms with van der Waals surface area (Å²) >= 11 is 1.21. The van der Waals surface area contributed by atoms with Crippen molar-refractivity contribution in [1.29, 1.82) is 0 Å². The number of carbonyl (C=O) groups is 1. The van der Waals surface area contributed by atoms with E-state index in [0.29, 0.717) is 17.0 Å². The van der Waals surface area contributed by atoms with Crippen LogP contribution in [0, 0.1) is 5.92 Å². The molecule has 0 aliphatic heterocycles. The van der Waals surface area contributed by atoms with Gasteiger partial charge >= 0.3 is 5.97 Å². The molecule has 1 aliphatic carbocycles. The average molecular weight is 289 g/mol. The molecule has 2 atom stereocenters. The predicted molar refractivity (Wildman–Crippen MR) is 76.2 cm³/mol. The summed E-state index contributed by atoms with van der Waals surface area (Å²) in [6.45, 7) is 2.19. The molecule has 1 N–H and O–H groups in total. The average Bonchev–Trinajstić information content (AvgIpc) is 3.02. The topological polar surface area (TPSA) is 68.0 Å². The van der Waals surface area contributed by atoms with E-state index < -0.39 is 5.97 Å². The molecule has 0 spiro atoms. The standard InChI is InChI=1S/C14H15N3O2S/c1-9-7-11(9)13-15-16-14(20-8-12(18)19)17(13)10-5-3-2-4-6-10/h2-6,9,11H,7-8H2,1H3,(H,18,19). The maximum atomic E-state index is 10.7. The highest BCUT2D eigenvalue weighted by Gasteiger charge is 2.39. The van der Waals surface area contributed by atoms with Crippen molar-refractivity contribution in [2.45, 2.75) is 24.4 Å². The molecule has 1 fully saturated rings. The third-order valence-corrected chi connectivity index (χ3v) is 4.35. The first-order chi connectivity index (χ1) is 9.66. The number of benzene rings is 1. The number of hydrogen-bond acceptors (Lipinski definition) is 4. The molecule has 0 saturated heterocycles. The zero-order valence-electron chi connectivity index (χ0n) is 11.1. The lowest BCUT2D eigenvalue weighted by Gasteiger charge is -2.09. The zero-order valence-corrected chi connectivity index (χ0v) is 11.9. The molecule has 0 amide bonds. The van der Waals surface area contributed by atoms with E-state index >= 15 is 0 Å². The number of rotatable bonds is 5. The van der Waals surface area contributed by atoms with Crippen LogP contribution in [0.3, 0.4) is 0 Å². The fraction of sp³-hybridized carbons (Fsp3) is 0.357. The van der Waals surface area contributed by atoms with E-state index in [1.807, 2.05) is 34.9 Å². The van der Waals surface area contributed by atoms with Crippen molar-refractivity contribution in [3.8, 4) is 5.69 Å². The highest BCUT2D eigenvalue weighted by molar-refractivity contribution is 7.99. The van der Waals surface area contributed by atoms with Crippen molar-refractivity contribution < 1.29 is 9.90 Å². The van der Waals surface area contributed by atoms with E-state index in [9.17, 15) is 4.79 Å². The van der Waals surface area contributed by atoms with Gasteiger partial charge < -0.3 is 5.11 Å². The first kappa shape index (κ1) is 13.2. The van der Waals surface area contributed by atoms with Gasteiger partial charge in [-0.15, -0.1) is 10.2 Å². The molecule has 1 heterocycles. The molecule has 0 bridgehead atoms. The number of nitrogens with zero attached hydrogens (tertiary/aromatic N) is 3. The minimum absolute atomic E-state index is 0.00874. The van der Waals surface area contributed by atoms with Gasteiger partial charge in [0.2, 0.25) is 0 Å². The van der Waals surface area contributed by atoms with Crippen molar-refractivity contribution in [3.63, 3.8) is 0 Å². The lowest BCUT2D eigenvalue weighted by molar-refractivity contribution is -0.133. The van der Waals surface area contributed by atoms with Gasteiger partial charge in [0.15, 0.2) is 5.16 Å². The quantitative estimate of drug-likeness (QED) is 0.857. The SMILES string of the molecule is CC1CC1c1nnc(SCC(=O)O)n1-c1ccccc1. The number of thioether (sulfide) groups is 1. The first-order valence-electron chi connectivity index (χ1n) is 6.52. The van der Waals surface area contributed by atoms with Crippen molar-refractivity contribution >= 4 is 17.7 Å². The number of para-hydroxylation sites is 1. The smallest absolute Gasteiger partial charge is 0.313 e. The molecule has 2 aromatic rings. The predicted octanol–water partition coefficient (Wildman–Crippen LogP) is 2.57. The summed E-state index contributed by atoms with van der Waals surface area (Å²) in [5.41, 5.74) is 0.986. The summed E-state index contributed by atoms with van der Waals surface area (Å²) in [6, 6.07) is 9.86. The molecular formula is C14H15N3O2S. The van der Waals surface area contributed by atoms with E-state index in [-0.39, 0.29) is 5.75 Å². The third kappa shape index (κ3) is 2.56. The number of hydrogen-bond donors (Lipinski definition) is 1. The first-order valence-corrected chi connectivity index (χ1v) is 7.50. The number of aliphatic carboxylic acids is 1. The van der Waals surface area contributed by atoms with E-state index in [1.54, 1.807) is 0 Å². The molecule has 6 heteroatoms. The molecule has 1 aliphatic rings. The summed E-state index contributed by atoms with van der Waals surface area (Å²) in [6.07, 6.45) is 1.12. The maximum absolute atomic E-state index is 10.7. The Morgan fingerprint density at radius 2 is 2.10 bits per heavy atom. The van der Waals surface area contributed by atoms with Crippen LogP contribution in [0.1, 0.15) is 25.1 Å². The van der Waals surface area contributed by atoms with Crippen molar-refractivity contribution in [1.82, 2.24) is 14.8 Å². The van der Waals surface area contributed by atoms with E-state index in [2.05, 4.69) is 17.1 Å². The Kier molecular flexibility index (Phi) is 3.48. The second-order valence-electron chi connectivity index (χ2n) is 5.01. The van der Waals surface area contributed by atoms with Crippen molar-refractivity contribution in [2.75, 3.05) is 5.75 Å². The van der Waals surface area contributed by atoms with E-state index in [4.69, 9.17) is 5.11 Å². The Balaban J connectivity index is 1.98. The summed E-state index contributed by atoms with van der Waals surface area (Å²) in [4.78, 5) is 10.7. The van der Waals surface area contributed by atoms with Gasteiger partial charge in [-0.3, -0.25) is 9.36 Å². The maximum Gasteiger partial charge on any atom is 0.313 e. The summed E-state index contributed by atoms with van der Waals surface area (Å²) in [7, 11) is 0. The number of aromatic nitrogens is 3. The van der Waals surface area contributed by atoms with Crippen LogP contribution in [-0.2, 0) is 4.79 Å². The number of carboxylic acid groups (broad SMARTS) is 1. The van der Waals surface area contributed by atoms with Gasteiger partial charge in [-0.2, -0.15) is 0 Å². The van der Waals surface area contributed by atoms with E-state index in [0.717, 1.165) is 17.9 Å². The van der Waals surface area contributed by atoms with Crippen LogP contribution in [0.5, 0.6) is 0 Å². The lowest BCUT2D eigenvalue weighted by atomic mass is 10.3. The van der Waals surface area contributed by atoms with Crippen LogP contribution < -0.4 is 0 Å². The zero-order chi connectivity index (χ0) is 14.1. The monoisotopic (exact) mass is 289 g/mol. The number of carboxylic acids is 1. The molecule has 2 unspecified atom stereocenters. The Bertz CT molecular complexity index is 627. The Morgan fingerprint density at radius 3 is 2.70 bits per heavy atom. The fourth-order valence-corrected chi connectivity index (χ4v) is 2.92. The van der Waals surface area contributed by atoms with Gasteiger partial charge in [-0.25, -0.2) is 0 Å². The third-order valence-electron chi connectivity index (χ3n) is 3.44. The highest BCUT2D eigenvalue weighted by atomic mass is 32.2. The van der Waals surface area contributed by atoms with Crippen LogP contribution >= 0.6 is 11.8 Å². The summed E-state index contributed by atoms with van der Waals surface area (Å²) < 4.78 is 1.99. The fourth-order valence-electron chi connectivity index (χ4n) is 2.24. The van der Waals surface area contributed by atoms with Crippen LogP contribution in [0.2, 0.25) is 0 Å². The normalized spacial score (nSPS) is 20.9. The summed E-state index contributed by atoms with van der Waals surface area (Å²) in [5.74, 6) is 1.14. The highest BCUT2D eigenvalue weighted by Crippen LogP contribution is 2.47. The van der Waals surface area contributed by atoms with Gasteiger partial charge in [0, 0.05) is 11.6 Å². The van der Waals surface area contributed by atoms with Gasteiger partial charge in [0.25, 0.3) is 0 Å². The van der Waals surface area contributed by atoms with Crippen molar-refractivity contribution in [2.24, 2.45) is 5.92 Å². The molecule has 20 heavy (non-hydrogen) atoms. The van der Waals surface area contributed by atoms with Crippen LogP contribution in [0.4, 0.5) is 0 Å². The molecule has 0 radical (unpaired) electrons. The van der Waals surface area contributed by atoms with Crippen LogP contribution in [0.25, 0.3) is 5.69 Å². The lowest BCUT2D eigenvalue weighted by Crippen LogP contribution is -2.04. The van der Waals surface area contributed by atoms with Crippen LogP contribution in [0.15, 0.2) is 35.5 Å².